The van der Waals surface area contributed by atoms with Crippen LogP contribution < -0.4 is 40.5 Å². The highest BCUT2D eigenvalue weighted by molar-refractivity contribution is 6.04. The molecule has 2 aromatic carbocycles. The van der Waals surface area contributed by atoms with Gasteiger partial charge in [0.25, 0.3) is 5.56 Å². The largest absolute Gasteiger partial charge is 0.495 e. The number of aromatic amines is 1. The predicted molar refractivity (Wildman–Crippen MR) is 132 cm³/mol. The smallest absolute Gasteiger partial charge is 0.258 e. The minimum Gasteiger partial charge on any atom is -0.495 e. The normalized spacial score (nSPS) is 14.2. The summed E-state index contributed by atoms with van der Waals surface area (Å²) in [7, 11) is 5.88. The Hall–Kier alpha value is -4.74. The van der Waals surface area contributed by atoms with E-state index in [9.17, 15) is 14.4 Å². The van der Waals surface area contributed by atoms with E-state index in [1.807, 2.05) is 0 Å². The van der Waals surface area contributed by atoms with Gasteiger partial charge in [0.1, 0.15) is 11.6 Å². The molecular weight excluding hydrogens is 470 g/mol. The quantitative estimate of drug-likeness (QED) is 0.369. The molecule has 1 atom stereocenters. The Bertz CT molecular complexity index is 1350. The number of nitrogens with one attached hydrogen (secondary N) is 4. The lowest BCUT2D eigenvalue weighted by Gasteiger charge is -2.24. The zero-order valence-corrected chi connectivity index (χ0v) is 20.1. The van der Waals surface area contributed by atoms with Crippen molar-refractivity contribution in [1.29, 1.82) is 0 Å². The van der Waals surface area contributed by atoms with Gasteiger partial charge in [-0.25, -0.2) is 0 Å². The van der Waals surface area contributed by atoms with Gasteiger partial charge in [0, 0.05) is 24.2 Å². The third-order valence-electron chi connectivity index (χ3n) is 5.56. The summed E-state index contributed by atoms with van der Waals surface area (Å²) in [6, 6.07) is 10.2. The number of nitrogens with zero attached hydrogens (tertiary/aromatic N) is 1. The molecule has 2 amide bonds. The van der Waals surface area contributed by atoms with Gasteiger partial charge in [-0.1, -0.05) is 12.1 Å². The van der Waals surface area contributed by atoms with E-state index in [0.29, 0.717) is 34.4 Å². The Labute approximate surface area is 205 Å². The minimum absolute atomic E-state index is 0.00237. The molecule has 0 radical (unpaired) electrons. The van der Waals surface area contributed by atoms with Crippen LogP contribution in [0, 0.1) is 0 Å². The van der Waals surface area contributed by atoms with Gasteiger partial charge in [0.2, 0.25) is 23.5 Å². The lowest BCUT2D eigenvalue weighted by molar-refractivity contribution is -0.123. The van der Waals surface area contributed by atoms with Gasteiger partial charge in [-0.15, -0.1) is 0 Å². The van der Waals surface area contributed by atoms with E-state index in [1.54, 1.807) is 36.4 Å². The van der Waals surface area contributed by atoms with Crippen LogP contribution in [0.1, 0.15) is 17.9 Å². The van der Waals surface area contributed by atoms with Crippen molar-refractivity contribution in [2.75, 3.05) is 44.4 Å². The van der Waals surface area contributed by atoms with Gasteiger partial charge >= 0.3 is 0 Å². The molecule has 1 unspecified atom stereocenters. The zero-order valence-electron chi connectivity index (χ0n) is 20.1. The molecule has 0 saturated carbocycles. The third-order valence-corrected chi connectivity index (χ3v) is 5.56. The SMILES string of the molecule is COc1ccccc1Nc1nc2c(c(=O)[nH]1)C(C(=O)Nc1cc(OC)c(OC)c(OC)c1)CC(=O)N2. The number of aromatic nitrogens is 2. The van der Waals surface area contributed by atoms with Gasteiger partial charge < -0.3 is 34.9 Å². The van der Waals surface area contributed by atoms with Crippen molar-refractivity contribution in [3.05, 3.63) is 52.3 Å². The van der Waals surface area contributed by atoms with E-state index in [-0.39, 0.29) is 23.8 Å². The molecular formula is C24H25N5O7. The van der Waals surface area contributed by atoms with E-state index in [2.05, 4.69) is 25.9 Å². The van der Waals surface area contributed by atoms with Crippen LogP contribution in [0.4, 0.5) is 23.1 Å². The Morgan fingerprint density at radius 2 is 1.64 bits per heavy atom. The molecule has 0 bridgehead atoms. The number of carbonyl (C=O) groups excluding carboxylic acids is 2. The number of hydrogen-bond acceptors (Lipinski definition) is 9. The van der Waals surface area contributed by atoms with Crippen molar-refractivity contribution in [3.8, 4) is 23.0 Å². The highest BCUT2D eigenvalue weighted by Gasteiger charge is 2.35. The number of hydrogen-bond donors (Lipinski definition) is 4. The maximum Gasteiger partial charge on any atom is 0.258 e. The summed E-state index contributed by atoms with van der Waals surface area (Å²) in [4.78, 5) is 45.6. The Kier molecular flexibility index (Phi) is 6.95. The first-order valence-electron chi connectivity index (χ1n) is 10.8. The monoisotopic (exact) mass is 495 g/mol. The molecule has 0 saturated heterocycles. The Balaban J connectivity index is 1.65. The molecule has 3 aromatic rings. The van der Waals surface area contributed by atoms with Crippen LogP contribution in [0.25, 0.3) is 0 Å². The van der Waals surface area contributed by atoms with Gasteiger partial charge in [0.05, 0.1) is 45.6 Å². The summed E-state index contributed by atoms with van der Waals surface area (Å²) >= 11 is 0. The summed E-state index contributed by atoms with van der Waals surface area (Å²) < 4.78 is 21.2. The average Bonchev–Trinajstić information content (AvgIpc) is 2.87. The maximum absolute atomic E-state index is 13.2. The Morgan fingerprint density at radius 1 is 0.972 bits per heavy atom. The zero-order chi connectivity index (χ0) is 25.8. The topological polar surface area (TPSA) is 153 Å². The predicted octanol–water partition coefficient (Wildman–Crippen LogP) is 2.61. The minimum atomic E-state index is -1.08. The molecule has 12 nitrogen and oxygen atoms in total. The number of carbonyl (C=O) groups is 2. The number of rotatable bonds is 8. The number of anilines is 4. The summed E-state index contributed by atoms with van der Waals surface area (Å²) in [5.41, 5.74) is 0.371. The average molecular weight is 495 g/mol. The summed E-state index contributed by atoms with van der Waals surface area (Å²) in [6.45, 7) is 0. The fourth-order valence-electron chi connectivity index (χ4n) is 3.91. The fraction of sp³-hybridized carbons (Fsp3) is 0.250. The number of H-pyrrole nitrogens is 1. The van der Waals surface area contributed by atoms with Gasteiger partial charge in [-0.05, 0) is 12.1 Å². The number of ether oxygens (including phenoxy) is 4. The molecule has 4 rings (SSSR count). The van der Waals surface area contributed by atoms with Gasteiger partial charge in [-0.3, -0.25) is 19.4 Å². The van der Waals surface area contributed by atoms with Crippen molar-refractivity contribution in [2.45, 2.75) is 12.3 Å². The van der Waals surface area contributed by atoms with E-state index in [1.165, 1.54) is 28.4 Å². The van der Waals surface area contributed by atoms with Crippen molar-refractivity contribution in [3.63, 3.8) is 0 Å². The fourth-order valence-corrected chi connectivity index (χ4v) is 3.91. The highest BCUT2D eigenvalue weighted by atomic mass is 16.5. The Morgan fingerprint density at radius 3 is 2.28 bits per heavy atom. The molecule has 188 valence electrons. The molecule has 4 N–H and O–H groups in total. The van der Waals surface area contributed by atoms with Crippen LogP contribution in [-0.4, -0.2) is 50.2 Å². The maximum atomic E-state index is 13.2. The van der Waals surface area contributed by atoms with Crippen molar-refractivity contribution in [1.82, 2.24) is 9.97 Å². The van der Waals surface area contributed by atoms with Crippen LogP contribution in [0.2, 0.25) is 0 Å². The van der Waals surface area contributed by atoms with Crippen molar-refractivity contribution >= 4 is 35.0 Å². The van der Waals surface area contributed by atoms with Crippen LogP contribution in [0.5, 0.6) is 23.0 Å². The lowest BCUT2D eigenvalue weighted by Crippen LogP contribution is -2.36. The molecule has 0 spiro atoms. The molecule has 36 heavy (non-hydrogen) atoms. The first-order chi connectivity index (χ1) is 17.4. The van der Waals surface area contributed by atoms with Crippen LogP contribution in [0.3, 0.4) is 0 Å². The summed E-state index contributed by atoms with van der Waals surface area (Å²) in [5, 5.41) is 8.27. The van der Waals surface area contributed by atoms with Crippen molar-refractivity contribution < 1.29 is 28.5 Å². The number of para-hydroxylation sites is 2. The van der Waals surface area contributed by atoms with E-state index < -0.39 is 23.3 Å². The second-order valence-electron chi connectivity index (χ2n) is 7.71. The van der Waals surface area contributed by atoms with Crippen LogP contribution in [0.15, 0.2) is 41.2 Å². The number of methoxy groups -OCH3 is 4. The number of fused-ring (bicyclic) bond motifs is 1. The standard InChI is InChI=1S/C24H25N5O7/c1-33-15-8-6-5-7-14(15)26-24-28-21-19(23(32)29-24)13(11-18(30)27-21)22(31)25-12-9-16(34-2)20(36-4)17(10-12)35-3/h5-10,13H,11H2,1-4H3,(H,25,31)(H3,26,27,28,29,30,32). The van der Waals surface area contributed by atoms with Crippen LogP contribution >= 0.6 is 0 Å². The number of amides is 2. The van der Waals surface area contributed by atoms with Crippen LogP contribution in [-0.2, 0) is 9.59 Å². The van der Waals surface area contributed by atoms with Gasteiger partial charge in [-0.2, -0.15) is 4.98 Å². The molecule has 12 heteroatoms. The molecule has 0 fully saturated rings. The summed E-state index contributed by atoms with van der Waals surface area (Å²) in [6.07, 6.45) is -0.229. The lowest BCUT2D eigenvalue weighted by atomic mass is 9.92. The molecule has 1 aromatic heterocycles. The van der Waals surface area contributed by atoms with Crippen molar-refractivity contribution in [2.24, 2.45) is 0 Å². The first-order valence-corrected chi connectivity index (χ1v) is 10.8. The molecule has 2 heterocycles. The highest BCUT2D eigenvalue weighted by Crippen LogP contribution is 2.40. The van der Waals surface area contributed by atoms with Gasteiger partial charge in [0.15, 0.2) is 11.5 Å². The molecule has 0 aliphatic carbocycles. The molecule has 1 aliphatic heterocycles. The van der Waals surface area contributed by atoms with E-state index >= 15 is 0 Å². The number of benzene rings is 2. The third kappa shape index (κ3) is 4.73. The second-order valence-corrected chi connectivity index (χ2v) is 7.71. The molecule has 1 aliphatic rings. The first kappa shape index (κ1) is 24.4. The van der Waals surface area contributed by atoms with E-state index in [4.69, 9.17) is 18.9 Å². The van der Waals surface area contributed by atoms with E-state index in [0.717, 1.165) is 0 Å². The summed E-state index contributed by atoms with van der Waals surface area (Å²) in [5.74, 6) is -0.468. The second kappa shape index (κ2) is 10.3.